The van der Waals surface area contributed by atoms with E-state index in [-0.39, 0.29) is 5.91 Å². The lowest BCUT2D eigenvalue weighted by molar-refractivity contribution is -0.113. The first-order valence-corrected chi connectivity index (χ1v) is 12.0. The first-order valence-electron chi connectivity index (χ1n) is 10.1. The highest BCUT2D eigenvalue weighted by Crippen LogP contribution is 2.33. The van der Waals surface area contributed by atoms with Gasteiger partial charge in [-0.15, -0.1) is 21.5 Å². The lowest BCUT2D eigenvalue weighted by Gasteiger charge is -2.25. The fourth-order valence-corrected chi connectivity index (χ4v) is 5.29. The zero-order valence-corrected chi connectivity index (χ0v) is 18.3. The molecule has 4 rings (SSSR count). The molecular formula is C22H26N4OS2. The van der Waals surface area contributed by atoms with Crippen molar-refractivity contribution in [1.82, 2.24) is 14.8 Å². The smallest absolute Gasteiger partial charge is 0.234 e. The highest BCUT2D eigenvalue weighted by Gasteiger charge is 2.23. The van der Waals surface area contributed by atoms with Crippen LogP contribution in [0.3, 0.4) is 0 Å². The van der Waals surface area contributed by atoms with E-state index in [1.54, 1.807) is 11.3 Å². The minimum Gasteiger partial charge on any atom is -0.325 e. The van der Waals surface area contributed by atoms with Crippen molar-refractivity contribution in [3.05, 3.63) is 58.0 Å². The second-order valence-electron chi connectivity index (χ2n) is 7.52. The summed E-state index contributed by atoms with van der Waals surface area (Å²) in [5.74, 6) is 1.33. The zero-order valence-electron chi connectivity index (χ0n) is 16.6. The molecule has 29 heavy (non-hydrogen) atoms. The van der Waals surface area contributed by atoms with Gasteiger partial charge < -0.3 is 9.88 Å². The third-order valence-electron chi connectivity index (χ3n) is 5.26. The highest BCUT2D eigenvalue weighted by atomic mass is 32.2. The van der Waals surface area contributed by atoms with E-state index >= 15 is 0 Å². The SMILES string of the molecule is Cc1ccc(NC(=O)CSc2nnc(Cc3cccs3)n2C2CCCCC2)cc1. The predicted molar refractivity (Wildman–Crippen MR) is 120 cm³/mol. The Morgan fingerprint density at radius 1 is 1.17 bits per heavy atom. The van der Waals surface area contributed by atoms with E-state index < -0.39 is 0 Å². The minimum atomic E-state index is -0.0168. The molecule has 0 atom stereocenters. The number of carbonyl (C=O) groups excluding carboxylic acids is 1. The second kappa shape index (κ2) is 9.59. The quantitative estimate of drug-likeness (QED) is 0.509. The van der Waals surface area contributed by atoms with Gasteiger partial charge in [0.15, 0.2) is 5.16 Å². The molecule has 0 aliphatic heterocycles. The monoisotopic (exact) mass is 426 g/mol. The van der Waals surface area contributed by atoms with Crippen LogP contribution in [-0.2, 0) is 11.2 Å². The average molecular weight is 427 g/mol. The van der Waals surface area contributed by atoms with Crippen LogP contribution >= 0.6 is 23.1 Å². The molecule has 1 N–H and O–H groups in total. The summed E-state index contributed by atoms with van der Waals surface area (Å²) in [6.45, 7) is 2.04. The third-order valence-corrected chi connectivity index (χ3v) is 7.07. The number of carbonyl (C=O) groups is 1. The lowest BCUT2D eigenvalue weighted by Crippen LogP contribution is -2.18. The van der Waals surface area contributed by atoms with E-state index in [9.17, 15) is 4.79 Å². The van der Waals surface area contributed by atoms with Crippen molar-refractivity contribution < 1.29 is 4.79 Å². The molecule has 3 aromatic rings. The first kappa shape index (κ1) is 20.2. The van der Waals surface area contributed by atoms with E-state index in [4.69, 9.17) is 0 Å². The highest BCUT2D eigenvalue weighted by molar-refractivity contribution is 7.99. The van der Waals surface area contributed by atoms with Gasteiger partial charge in [0.2, 0.25) is 5.91 Å². The Hall–Kier alpha value is -2.12. The summed E-state index contributed by atoms with van der Waals surface area (Å²) in [6, 6.07) is 12.5. The Labute approximate surface area is 179 Å². The van der Waals surface area contributed by atoms with Crippen molar-refractivity contribution in [1.29, 1.82) is 0 Å². The maximum atomic E-state index is 12.4. The molecule has 1 saturated carbocycles. The van der Waals surface area contributed by atoms with Gasteiger partial charge in [-0.3, -0.25) is 4.79 Å². The minimum absolute atomic E-state index is 0.0168. The van der Waals surface area contributed by atoms with Crippen molar-refractivity contribution in [3.63, 3.8) is 0 Å². The molecule has 1 aliphatic rings. The molecule has 1 aromatic carbocycles. The Kier molecular flexibility index (Phi) is 6.67. The number of aromatic nitrogens is 3. The number of hydrogen-bond acceptors (Lipinski definition) is 5. The van der Waals surface area contributed by atoms with Crippen LogP contribution in [0.1, 0.15) is 54.4 Å². The molecule has 0 bridgehead atoms. The second-order valence-corrected chi connectivity index (χ2v) is 9.49. The summed E-state index contributed by atoms with van der Waals surface area (Å²) in [6.07, 6.45) is 6.94. The molecule has 2 heterocycles. The first-order chi connectivity index (χ1) is 14.2. The largest absolute Gasteiger partial charge is 0.325 e. The fourth-order valence-electron chi connectivity index (χ4n) is 3.77. The van der Waals surface area contributed by atoms with Crippen molar-refractivity contribution in [3.8, 4) is 0 Å². The number of thiophene rings is 1. The Bertz CT molecular complexity index is 928. The van der Waals surface area contributed by atoms with Crippen LogP contribution in [0, 0.1) is 6.92 Å². The van der Waals surface area contributed by atoms with Gasteiger partial charge in [0, 0.05) is 23.0 Å². The molecule has 1 amide bonds. The van der Waals surface area contributed by atoms with Gasteiger partial charge in [0.05, 0.1) is 5.75 Å². The number of amides is 1. The number of aryl methyl sites for hydroxylation is 1. The molecule has 0 saturated heterocycles. The van der Waals surface area contributed by atoms with Gasteiger partial charge in [0.1, 0.15) is 5.82 Å². The lowest BCUT2D eigenvalue weighted by atomic mass is 9.95. The number of rotatable bonds is 7. The molecule has 152 valence electrons. The Balaban J connectivity index is 1.46. The Morgan fingerprint density at radius 2 is 1.97 bits per heavy atom. The number of nitrogens with one attached hydrogen (secondary N) is 1. The number of hydrogen-bond donors (Lipinski definition) is 1. The summed E-state index contributed by atoms with van der Waals surface area (Å²) in [5.41, 5.74) is 2.00. The molecule has 0 spiro atoms. The normalized spacial score (nSPS) is 14.8. The number of nitrogens with zero attached hydrogens (tertiary/aromatic N) is 3. The molecule has 7 heteroatoms. The number of thioether (sulfide) groups is 1. The van der Waals surface area contributed by atoms with Gasteiger partial charge >= 0.3 is 0 Å². The number of anilines is 1. The van der Waals surface area contributed by atoms with E-state index in [0.29, 0.717) is 11.8 Å². The molecule has 1 aliphatic carbocycles. The summed E-state index contributed by atoms with van der Waals surface area (Å²) >= 11 is 3.24. The fraction of sp³-hybridized carbons (Fsp3) is 0.409. The molecule has 5 nitrogen and oxygen atoms in total. The number of benzene rings is 1. The zero-order chi connectivity index (χ0) is 20.1. The van der Waals surface area contributed by atoms with Crippen molar-refractivity contribution in [2.24, 2.45) is 0 Å². The summed E-state index contributed by atoms with van der Waals surface area (Å²) in [7, 11) is 0. The predicted octanol–water partition coefficient (Wildman–Crippen LogP) is 5.47. The molecule has 2 aromatic heterocycles. The standard InChI is InChI=1S/C22H26N4OS2/c1-16-9-11-17(12-10-16)23-21(27)15-29-22-25-24-20(14-19-8-5-13-28-19)26(22)18-6-3-2-4-7-18/h5,8-13,18H,2-4,6-7,14-15H2,1H3,(H,23,27). The van der Waals surface area contributed by atoms with Crippen LogP contribution in [-0.4, -0.2) is 26.4 Å². The van der Waals surface area contributed by atoms with Crippen LogP contribution in [0.15, 0.2) is 46.9 Å². The van der Waals surface area contributed by atoms with E-state index in [0.717, 1.165) is 23.1 Å². The van der Waals surface area contributed by atoms with E-state index in [1.165, 1.54) is 54.3 Å². The van der Waals surface area contributed by atoms with Crippen LogP contribution < -0.4 is 5.32 Å². The van der Waals surface area contributed by atoms with Gasteiger partial charge in [-0.1, -0.05) is 54.8 Å². The van der Waals surface area contributed by atoms with Crippen molar-refractivity contribution >= 4 is 34.7 Å². The summed E-state index contributed by atoms with van der Waals surface area (Å²) < 4.78 is 2.31. The van der Waals surface area contributed by atoms with Crippen LogP contribution in [0.4, 0.5) is 5.69 Å². The van der Waals surface area contributed by atoms with E-state index in [2.05, 4.69) is 37.6 Å². The molecule has 1 fully saturated rings. The van der Waals surface area contributed by atoms with Crippen molar-refractivity contribution in [2.75, 3.05) is 11.1 Å². The third kappa shape index (κ3) is 5.28. The van der Waals surface area contributed by atoms with Crippen LogP contribution in [0.25, 0.3) is 0 Å². The van der Waals surface area contributed by atoms with Crippen LogP contribution in [0.2, 0.25) is 0 Å². The molecule has 0 radical (unpaired) electrons. The maximum absolute atomic E-state index is 12.4. The van der Waals surface area contributed by atoms with Gasteiger partial charge in [-0.25, -0.2) is 0 Å². The molecule has 0 unspecified atom stereocenters. The molecular weight excluding hydrogens is 400 g/mol. The van der Waals surface area contributed by atoms with Gasteiger partial charge in [0.25, 0.3) is 0 Å². The van der Waals surface area contributed by atoms with Crippen LogP contribution in [0.5, 0.6) is 0 Å². The van der Waals surface area contributed by atoms with Gasteiger partial charge in [-0.2, -0.15) is 0 Å². The topological polar surface area (TPSA) is 59.8 Å². The van der Waals surface area contributed by atoms with E-state index in [1.807, 2.05) is 31.2 Å². The summed E-state index contributed by atoms with van der Waals surface area (Å²) in [4.78, 5) is 13.7. The average Bonchev–Trinajstić information content (AvgIpc) is 3.39. The van der Waals surface area contributed by atoms with Crippen molar-refractivity contribution in [2.45, 2.75) is 56.6 Å². The maximum Gasteiger partial charge on any atom is 0.234 e. The summed E-state index contributed by atoms with van der Waals surface area (Å²) in [5, 5.41) is 14.9. The van der Waals surface area contributed by atoms with Gasteiger partial charge in [-0.05, 0) is 43.3 Å². The Morgan fingerprint density at radius 3 is 2.69 bits per heavy atom.